The lowest BCUT2D eigenvalue weighted by atomic mass is 9.97. The Balaban J connectivity index is 2.14. The molecule has 0 aliphatic rings. The van der Waals surface area contributed by atoms with E-state index in [1.807, 2.05) is 57.2 Å². The van der Waals surface area contributed by atoms with Crippen molar-refractivity contribution in [3.63, 3.8) is 0 Å². The summed E-state index contributed by atoms with van der Waals surface area (Å²) in [5, 5.41) is 0. The minimum atomic E-state index is -0.492. The summed E-state index contributed by atoms with van der Waals surface area (Å²) in [7, 11) is 3.25. The van der Waals surface area contributed by atoms with Crippen molar-refractivity contribution in [3.05, 3.63) is 58.7 Å². The van der Waals surface area contributed by atoms with E-state index in [1.54, 1.807) is 19.1 Å². The summed E-state index contributed by atoms with van der Waals surface area (Å²) in [6.45, 7) is 7.14. The summed E-state index contributed by atoms with van der Waals surface area (Å²) < 4.78 is 16.8. The summed E-state index contributed by atoms with van der Waals surface area (Å²) in [6, 6.07) is 11.1. The quantitative estimate of drug-likeness (QED) is 0.662. The molecule has 0 bridgehead atoms. The number of methoxy groups -OCH3 is 2. The highest BCUT2D eigenvalue weighted by Crippen LogP contribution is 2.37. The fraction of sp³-hybridized carbons (Fsp3) is 0.409. The highest BCUT2D eigenvalue weighted by molar-refractivity contribution is 5.73. The van der Waals surface area contributed by atoms with E-state index in [0.29, 0.717) is 25.5 Å². The van der Waals surface area contributed by atoms with Gasteiger partial charge in [0.2, 0.25) is 0 Å². The lowest BCUT2D eigenvalue weighted by Gasteiger charge is -2.30. The van der Waals surface area contributed by atoms with Crippen LogP contribution in [0.25, 0.3) is 0 Å². The normalized spacial score (nSPS) is 11.8. The Morgan fingerprint density at radius 3 is 2.36 bits per heavy atom. The predicted molar refractivity (Wildman–Crippen MR) is 110 cm³/mol. The number of nitrogens with two attached hydrogens (primary N) is 1. The molecule has 2 aromatic rings. The van der Waals surface area contributed by atoms with E-state index < -0.39 is 6.03 Å². The van der Waals surface area contributed by atoms with Gasteiger partial charge >= 0.3 is 6.03 Å². The van der Waals surface area contributed by atoms with Gasteiger partial charge in [0.25, 0.3) is 0 Å². The fourth-order valence-electron chi connectivity index (χ4n) is 3.42. The molecule has 2 aromatic carbocycles. The number of carbonyl (C=O) groups is 1. The third-order valence-corrected chi connectivity index (χ3v) is 4.98. The molecular weight excluding hydrogens is 356 g/mol. The van der Waals surface area contributed by atoms with Crippen LogP contribution in [0.2, 0.25) is 0 Å². The Morgan fingerprint density at radius 1 is 1.11 bits per heavy atom. The summed E-state index contributed by atoms with van der Waals surface area (Å²) in [5.41, 5.74) is 9.57. The first kappa shape index (κ1) is 21.6. The third kappa shape index (κ3) is 4.95. The molecule has 0 saturated heterocycles. The van der Waals surface area contributed by atoms with E-state index in [9.17, 15) is 4.79 Å². The summed E-state index contributed by atoms with van der Waals surface area (Å²) in [4.78, 5) is 13.7. The maximum atomic E-state index is 12.1. The third-order valence-electron chi connectivity index (χ3n) is 4.98. The SMILES string of the molecule is COc1cc(C(C)N(CCOCc2ccccc2)C(N)=O)c(C)c(OC)c1C. The molecule has 0 spiro atoms. The zero-order valence-electron chi connectivity index (χ0n) is 17.3. The second-order valence-electron chi connectivity index (χ2n) is 6.70. The first-order chi connectivity index (χ1) is 13.4. The van der Waals surface area contributed by atoms with Crippen LogP contribution in [0.5, 0.6) is 11.5 Å². The highest BCUT2D eigenvalue weighted by Gasteiger charge is 2.24. The summed E-state index contributed by atoms with van der Waals surface area (Å²) >= 11 is 0. The first-order valence-electron chi connectivity index (χ1n) is 9.30. The van der Waals surface area contributed by atoms with Gasteiger partial charge < -0.3 is 24.8 Å². The lowest BCUT2D eigenvalue weighted by molar-refractivity contribution is 0.0914. The maximum Gasteiger partial charge on any atom is 0.315 e. The van der Waals surface area contributed by atoms with Crippen LogP contribution in [0.15, 0.2) is 36.4 Å². The molecule has 6 heteroatoms. The number of urea groups is 1. The van der Waals surface area contributed by atoms with Gasteiger partial charge in [0.15, 0.2) is 0 Å². The Bertz CT molecular complexity index is 793. The molecule has 1 unspecified atom stereocenters. The number of amides is 2. The van der Waals surface area contributed by atoms with Crippen LogP contribution in [0.4, 0.5) is 4.79 Å². The van der Waals surface area contributed by atoms with Crippen molar-refractivity contribution in [2.45, 2.75) is 33.4 Å². The minimum absolute atomic E-state index is 0.249. The largest absolute Gasteiger partial charge is 0.496 e. The highest BCUT2D eigenvalue weighted by atomic mass is 16.5. The molecule has 0 aliphatic carbocycles. The average Bonchev–Trinajstić information content (AvgIpc) is 2.68. The standard InChI is InChI=1S/C22H30N2O4/c1-15-19(13-20(26-4)16(2)21(15)27-5)17(3)24(22(23)25)11-12-28-14-18-9-7-6-8-10-18/h6-10,13,17H,11-12,14H2,1-5H3,(H2,23,25). The average molecular weight is 386 g/mol. The zero-order valence-corrected chi connectivity index (χ0v) is 17.3. The minimum Gasteiger partial charge on any atom is -0.496 e. The Kier molecular flexibility index (Phi) is 7.70. The van der Waals surface area contributed by atoms with Gasteiger partial charge in [0, 0.05) is 12.1 Å². The Morgan fingerprint density at radius 2 is 1.79 bits per heavy atom. The van der Waals surface area contributed by atoms with Crippen LogP contribution in [0.3, 0.4) is 0 Å². The van der Waals surface area contributed by atoms with E-state index in [2.05, 4.69) is 0 Å². The molecule has 28 heavy (non-hydrogen) atoms. The molecule has 0 aliphatic heterocycles. The fourth-order valence-corrected chi connectivity index (χ4v) is 3.42. The number of ether oxygens (including phenoxy) is 3. The first-order valence-corrected chi connectivity index (χ1v) is 9.30. The Labute approximate surface area is 167 Å². The van der Waals surface area contributed by atoms with Crippen LogP contribution in [0, 0.1) is 13.8 Å². The van der Waals surface area contributed by atoms with Crippen LogP contribution >= 0.6 is 0 Å². The van der Waals surface area contributed by atoms with Crippen molar-refractivity contribution in [1.29, 1.82) is 0 Å². The van der Waals surface area contributed by atoms with Crippen LogP contribution in [0.1, 0.15) is 35.2 Å². The van der Waals surface area contributed by atoms with Crippen molar-refractivity contribution in [1.82, 2.24) is 4.90 Å². The van der Waals surface area contributed by atoms with Crippen molar-refractivity contribution in [3.8, 4) is 11.5 Å². The molecule has 6 nitrogen and oxygen atoms in total. The van der Waals surface area contributed by atoms with Gasteiger partial charge in [0.05, 0.1) is 33.5 Å². The van der Waals surface area contributed by atoms with Gasteiger partial charge in [-0.2, -0.15) is 0 Å². The van der Waals surface area contributed by atoms with Crippen LogP contribution in [-0.4, -0.2) is 38.3 Å². The molecule has 0 heterocycles. The van der Waals surface area contributed by atoms with Gasteiger partial charge in [-0.05, 0) is 43.5 Å². The van der Waals surface area contributed by atoms with E-state index in [4.69, 9.17) is 19.9 Å². The molecule has 2 amide bonds. The number of carbonyl (C=O) groups excluding carboxylic acids is 1. The van der Waals surface area contributed by atoms with E-state index in [-0.39, 0.29) is 6.04 Å². The number of rotatable bonds is 9. The van der Waals surface area contributed by atoms with Crippen molar-refractivity contribution < 1.29 is 19.0 Å². The zero-order chi connectivity index (χ0) is 20.7. The number of hydrogen-bond acceptors (Lipinski definition) is 4. The van der Waals surface area contributed by atoms with Crippen molar-refractivity contribution in [2.75, 3.05) is 27.4 Å². The van der Waals surface area contributed by atoms with Crippen LogP contribution < -0.4 is 15.2 Å². The number of hydrogen-bond donors (Lipinski definition) is 1. The lowest BCUT2D eigenvalue weighted by Crippen LogP contribution is -2.40. The summed E-state index contributed by atoms with van der Waals surface area (Å²) in [6.07, 6.45) is 0. The molecule has 0 aromatic heterocycles. The maximum absolute atomic E-state index is 12.1. The van der Waals surface area contributed by atoms with Crippen LogP contribution in [-0.2, 0) is 11.3 Å². The second kappa shape index (κ2) is 9.99. The van der Waals surface area contributed by atoms with Gasteiger partial charge in [0.1, 0.15) is 11.5 Å². The molecule has 1 atom stereocenters. The Hall–Kier alpha value is -2.73. The van der Waals surface area contributed by atoms with Crippen molar-refractivity contribution in [2.24, 2.45) is 5.73 Å². The molecule has 2 N–H and O–H groups in total. The molecule has 0 fully saturated rings. The van der Waals surface area contributed by atoms with E-state index >= 15 is 0 Å². The topological polar surface area (TPSA) is 74.0 Å². The number of benzene rings is 2. The van der Waals surface area contributed by atoms with E-state index in [0.717, 1.165) is 28.0 Å². The second-order valence-corrected chi connectivity index (χ2v) is 6.70. The van der Waals surface area contributed by atoms with Gasteiger partial charge in [-0.3, -0.25) is 0 Å². The molecule has 152 valence electrons. The predicted octanol–water partition coefficient (Wildman–Crippen LogP) is 3.98. The van der Waals surface area contributed by atoms with E-state index in [1.165, 1.54) is 0 Å². The van der Waals surface area contributed by atoms with Gasteiger partial charge in [-0.15, -0.1) is 0 Å². The smallest absolute Gasteiger partial charge is 0.315 e. The number of primary amides is 1. The molecular formula is C22H30N2O4. The van der Waals surface area contributed by atoms with Gasteiger partial charge in [-0.1, -0.05) is 30.3 Å². The number of nitrogens with zero attached hydrogens (tertiary/aromatic N) is 1. The molecule has 0 radical (unpaired) electrons. The molecule has 2 rings (SSSR count). The monoisotopic (exact) mass is 386 g/mol. The molecule has 0 saturated carbocycles. The van der Waals surface area contributed by atoms with Crippen molar-refractivity contribution >= 4 is 6.03 Å². The van der Waals surface area contributed by atoms with Gasteiger partial charge in [-0.25, -0.2) is 4.79 Å². The summed E-state index contributed by atoms with van der Waals surface area (Å²) in [5.74, 6) is 1.47.